The molecule has 0 aliphatic carbocycles. The molecule has 0 N–H and O–H groups in total. The molecular weight excluding hydrogens is 314 g/mol. The number of non-ortho nitro benzene ring substituents is 1. The van der Waals surface area contributed by atoms with Crippen LogP contribution in [0, 0.1) is 31.6 Å². The van der Waals surface area contributed by atoms with Crippen LogP contribution in [-0.4, -0.2) is 17.0 Å². The molecule has 24 heavy (non-hydrogen) atoms. The highest BCUT2D eigenvalue weighted by atomic mass is 16.6. The van der Waals surface area contributed by atoms with Crippen LogP contribution in [0.2, 0.25) is 0 Å². The van der Waals surface area contributed by atoms with Gasteiger partial charge in [0.05, 0.1) is 28.6 Å². The van der Waals surface area contributed by atoms with Crippen LogP contribution in [0.4, 0.5) is 11.4 Å². The van der Waals surface area contributed by atoms with Crippen LogP contribution in [0.25, 0.3) is 11.6 Å². The quantitative estimate of drug-likeness (QED) is 0.358. The maximum absolute atomic E-state index is 11.0. The van der Waals surface area contributed by atoms with Gasteiger partial charge in [0, 0.05) is 18.2 Å². The van der Waals surface area contributed by atoms with Crippen LogP contribution in [0.1, 0.15) is 11.1 Å². The molecule has 0 spiro atoms. The first-order chi connectivity index (χ1) is 11.5. The van der Waals surface area contributed by atoms with E-state index in [0.29, 0.717) is 11.1 Å². The Morgan fingerprint density at radius 2 is 1.79 bits per heavy atom. The van der Waals surface area contributed by atoms with E-state index in [2.05, 4.69) is 0 Å². The number of allylic oxidation sites excluding steroid dienone is 1. The van der Waals surface area contributed by atoms with Gasteiger partial charge in [-0.2, -0.15) is 5.26 Å². The molecule has 0 amide bonds. The molecule has 0 aliphatic rings. The molecule has 2 aromatic rings. The van der Waals surface area contributed by atoms with Gasteiger partial charge >= 0.3 is 5.69 Å². The minimum Gasteiger partial charge on any atom is -0.490 e. The molecule has 2 aromatic carbocycles. The van der Waals surface area contributed by atoms with E-state index >= 15 is 0 Å². The lowest BCUT2D eigenvalue weighted by Crippen LogP contribution is -1.94. The Balaban J connectivity index is 2.44. The lowest BCUT2D eigenvalue weighted by atomic mass is 10.0. The third kappa shape index (κ3) is 3.53. The van der Waals surface area contributed by atoms with Crippen LogP contribution >= 0.6 is 0 Å². The SMILES string of the molecule is COc1ccc(/C=C(\C#N)c2ccc([N+](=O)[O-])cc2)cc1[N+](=O)[O-]. The summed E-state index contributed by atoms with van der Waals surface area (Å²) in [5.41, 5.74) is 0.840. The van der Waals surface area contributed by atoms with Crippen molar-refractivity contribution in [3.63, 3.8) is 0 Å². The molecule has 0 aliphatic heterocycles. The lowest BCUT2D eigenvalue weighted by Gasteiger charge is -2.03. The van der Waals surface area contributed by atoms with Gasteiger partial charge < -0.3 is 4.74 Å². The number of methoxy groups -OCH3 is 1. The van der Waals surface area contributed by atoms with Crippen LogP contribution < -0.4 is 4.74 Å². The third-order valence-corrected chi connectivity index (χ3v) is 3.22. The summed E-state index contributed by atoms with van der Waals surface area (Å²) in [7, 11) is 1.33. The topological polar surface area (TPSA) is 119 Å². The van der Waals surface area contributed by atoms with Crippen molar-refractivity contribution < 1.29 is 14.6 Å². The highest BCUT2D eigenvalue weighted by Crippen LogP contribution is 2.29. The van der Waals surface area contributed by atoms with Crippen LogP contribution in [-0.2, 0) is 0 Å². The number of hydrogen-bond donors (Lipinski definition) is 0. The van der Waals surface area contributed by atoms with Gasteiger partial charge in [-0.3, -0.25) is 20.2 Å². The van der Waals surface area contributed by atoms with Gasteiger partial charge in [-0.05, 0) is 35.4 Å². The molecule has 0 atom stereocenters. The van der Waals surface area contributed by atoms with Gasteiger partial charge in [-0.1, -0.05) is 6.07 Å². The molecular formula is C16H11N3O5. The van der Waals surface area contributed by atoms with Crippen LogP contribution in [0.5, 0.6) is 5.75 Å². The first-order valence-electron chi connectivity index (χ1n) is 6.65. The fourth-order valence-electron chi connectivity index (χ4n) is 2.05. The second-order valence-corrected chi connectivity index (χ2v) is 4.66. The number of ether oxygens (including phenoxy) is 1. The van der Waals surface area contributed by atoms with Gasteiger partial charge in [0.25, 0.3) is 5.69 Å². The summed E-state index contributed by atoms with van der Waals surface area (Å²) in [6.07, 6.45) is 1.47. The standard InChI is InChI=1S/C16H11N3O5/c1-24-16-7-2-11(9-15(16)19(22)23)8-13(10-17)12-3-5-14(6-4-12)18(20)21/h2-9H,1H3/b13-8+. The van der Waals surface area contributed by atoms with E-state index in [9.17, 15) is 25.5 Å². The minimum absolute atomic E-state index is 0.0869. The third-order valence-electron chi connectivity index (χ3n) is 3.22. The van der Waals surface area contributed by atoms with Gasteiger partial charge in [0.15, 0.2) is 5.75 Å². The second-order valence-electron chi connectivity index (χ2n) is 4.66. The normalized spacial score (nSPS) is 10.8. The number of hydrogen-bond acceptors (Lipinski definition) is 6. The fourth-order valence-corrected chi connectivity index (χ4v) is 2.05. The van der Waals surface area contributed by atoms with Crippen molar-refractivity contribution in [3.05, 3.63) is 73.8 Å². The van der Waals surface area contributed by atoms with Gasteiger partial charge in [-0.15, -0.1) is 0 Å². The van der Waals surface area contributed by atoms with Crippen LogP contribution in [0.3, 0.4) is 0 Å². The molecule has 0 unspecified atom stereocenters. The van der Waals surface area contributed by atoms with E-state index in [4.69, 9.17) is 4.74 Å². The predicted molar refractivity (Wildman–Crippen MR) is 86.2 cm³/mol. The highest BCUT2D eigenvalue weighted by Gasteiger charge is 2.15. The number of nitrogens with zero attached hydrogens (tertiary/aromatic N) is 3. The Morgan fingerprint density at radius 1 is 1.12 bits per heavy atom. The lowest BCUT2D eigenvalue weighted by molar-refractivity contribution is -0.385. The molecule has 120 valence electrons. The van der Waals surface area contributed by atoms with Crippen molar-refractivity contribution in [2.24, 2.45) is 0 Å². The van der Waals surface area contributed by atoms with Gasteiger partial charge in [0.1, 0.15) is 0 Å². The van der Waals surface area contributed by atoms with E-state index in [-0.39, 0.29) is 22.7 Å². The molecule has 8 nitrogen and oxygen atoms in total. The van der Waals surface area contributed by atoms with E-state index in [0.717, 1.165) is 0 Å². The summed E-state index contributed by atoms with van der Waals surface area (Å²) < 4.78 is 4.92. The van der Waals surface area contributed by atoms with Crippen LogP contribution in [0.15, 0.2) is 42.5 Å². The zero-order chi connectivity index (χ0) is 17.7. The molecule has 8 heteroatoms. The van der Waals surface area contributed by atoms with E-state index < -0.39 is 9.85 Å². The summed E-state index contributed by atoms with van der Waals surface area (Å²) in [6, 6.07) is 11.8. The van der Waals surface area contributed by atoms with Crippen molar-refractivity contribution in [2.45, 2.75) is 0 Å². The summed E-state index contributed by atoms with van der Waals surface area (Å²) >= 11 is 0. The number of nitriles is 1. The molecule has 0 heterocycles. The van der Waals surface area contributed by atoms with Gasteiger partial charge in [0.2, 0.25) is 0 Å². The molecule has 0 saturated heterocycles. The fraction of sp³-hybridized carbons (Fsp3) is 0.0625. The first kappa shape index (κ1) is 16.6. The highest BCUT2D eigenvalue weighted by molar-refractivity contribution is 5.90. The molecule has 0 radical (unpaired) electrons. The zero-order valence-electron chi connectivity index (χ0n) is 12.5. The Labute approximate surface area is 136 Å². The average molecular weight is 325 g/mol. The molecule has 0 saturated carbocycles. The smallest absolute Gasteiger partial charge is 0.311 e. The second kappa shape index (κ2) is 7.02. The minimum atomic E-state index is -0.575. The Hall–Kier alpha value is -3.73. The van der Waals surface area contributed by atoms with Crippen molar-refractivity contribution in [1.29, 1.82) is 5.26 Å². The summed E-state index contributed by atoms with van der Waals surface area (Å²) in [5, 5.41) is 31.0. The Morgan fingerprint density at radius 3 is 2.29 bits per heavy atom. The monoisotopic (exact) mass is 325 g/mol. The largest absolute Gasteiger partial charge is 0.490 e. The number of rotatable bonds is 5. The van der Waals surface area contributed by atoms with E-state index in [1.54, 1.807) is 6.07 Å². The van der Waals surface area contributed by atoms with Crippen molar-refractivity contribution in [1.82, 2.24) is 0 Å². The van der Waals surface area contributed by atoms with Crippen molar-refractivity contribution >= 4 is 23.0 Å². The maximum Gasteiger partial charge on any atom is 0.311 e. The number of nitro benzene ring substituents is 2. The molecule has 2 rings (SSSR count). The number of nitro groups is 2. The van der Waals surface area contributed by atoms with E-state index in [1.165, 1.54) is 49.6 Å². The molecule has 0 fully saturated rings. The van der Waals surface area contributed by atoms with Gasteiger partial charge in [-0.25, -0.2) is 0 Å². The van der Waals surface area contributed by atoms with Crippen molar-refractivity contribution in [2.75, 3.05) is 7.11 Å². The first-order valence-corrected chi connectivity index (χ1v) is 6.65. The van der Waals surface area contributed by atoms with E-state index in [1.807, 2.05) is 6.07 Å². The maximum atomic E-state index is 11.0. The Kier molecular flexibility index (Phi) is 4.87. The van der Waals surface area contributed by atoms with Crippen molar-refractivity contribution in [3.8, 4) is 11.8 Å². The Bertz CT molecular complexity index is 866. The zero-order valence-corrected chi connectivity index (χ0v) is 12.5. The molecule has 0 bridgehead atoms. The summed E-state index contributed by atoms with van der Waals surface area (Å²) in [5.74, 6) is 0.117. The predicted octanol–water partition coefficient (Wildman–Crippen LogP) is 3.58. The summed E-state index contributed by atoms with van der Waals surface area (Å²) in [4.78, 5) is 20.6. The number of benzene rings is 2. The average Bonchev–Trinajstić information content (AvgIpc) is 2.59. The molecule has 0 aromatic heterocycles. The summed E-state index contributed by atoms with van der Waals surface area (Å²) in [6.45, 7) is 0.